The molecule has 2 unspecified atom stereocenters. The summed E-state index contributed by atoms with van der Waals surface area (Å²) < 4.78 is 5.31. The van der Waals surface area contributed by atoms with Gasteiger partial charge in [0.25, 0.3) is 0 Å². The van der Waals surface area contributed by atoms with Crippen LogP contribution in [0.2, 0.25) is 0 Å². The van der Waals surface area contributed by atoms with Crippen LogP contribution in [0.1, 0.15) is 12.0 Å². The van der Waals surface area contributed by atoms with Gasteiger partial charge in [-0.05, 0) is 47.9 Å². The van der Waals surface area contributed by atoms with Crippen molar-refractivity contribution in [3.8, 4) is 0 Å². The second-order valence-corrected chi connectivity index (χ2v) is 7.71. The van der Waals surface area contributed by atoms with Crippen LogP contribution in [-0.2, 0) is 9.53 Å². The maximum Gasteiger partial charge on any atom is 0.320 e. The number of likely N-dealkylation sites (tertiary alicyclic amines) is 1. The lowest BCUT2D eigenvalue weighted by Gasteiger charge is -2.32. The van der Waals surface area contributed by atoms with Gasteiger partial charge in [0, 0.05) is 45.0 Å². The molecule has 8 nitrogen and oxygen atoms in total. The molecule has 0 bridgehead atoms. The third kappa shape index (κ3) is 4.27. The number of morpholine rings is 1. The van der Waals surface area contributed by atoms with Crippen molar-refractivity contribution < 1.29 is 14.3 Å². The normalized spacial score (nSPS) is 26.4. The van der Waals surface area contributed by atoms with Gasteiger partial charge in [0.1, 0.15) is 5.82 Å². The summed E-state index contributed by atoms with van der Waals surface area (Å²) in [5, 5.41) is 2.94. The standard InChI is InChI=1S/C20H27N5O3/c21-18-3-1-14(11-23-18)2-4-19(26)22-6-5-15-16-12-25(13-17(15)16)20(27)24-7-9-28-10-8-24/h1-4,11,15-17H,5-10,12-13H2,(H2,21,23)(H,22,26)/b4-2+. The zero-order valence-electron chi connectivity index (χ0n) is 15.9. The Morgan fingerprint density at radius 2 is 1.96 bits per heavy atom. The van der Waals surface area contributed by atoms with E-state index >= 15 is 0 Å². The van der Waals surface area contributed by atoms with Gasteiger partial charge < -0.3 is 25.6 Å². The van der Waals surface area contributed by atoms with Gasteiger partial charge >= 0.3 is 6.03 Å². The monoisotopic (exact) mass is 385 g/mol. The number of carbonyl (C=O) groups is 2. The van der Waals surface area contributed by atoms with Crippen LogP contribution in [0.15, 0.2) is 24.4 Å². The average molecular weight is 385 g/mol. The number of nitrogens with zero attached hydrogens (tertiary/aromatic N) is 3. The molecule has 3 heterocycles. The van der Waals surface area contributed by atoms with E-state index in [1.807, 2.05) is 15.9 Å². The molecule has 28 heavy (non-hydrogen) atoms. The lowest BCUT2D eigenvalue weighted by Crippen LogP contribution is -2.48. The molecule has 2 aliphatic heterocycles. The molecule has 0 spiro atoms. The molecule has 150 valence electrons. The summed E-state index contributed by atoms with van der Waals surface area (Å²) >= 11 is 0. The predicted molar refractivity (Wildman–Crippen MR) is 105 cm³/mol. The minimum Gasteiger partial charge on any atom is -0.384 e. The summed E-state index contributed by atoms with van der Waals surface area (Å²) in [6.45, 7) is 5.03. The number of nitrogen functional groups attached to an aromatic ring is 1. The lowest BCUT2D eigenvalue weighted by molar-refractivity contribution is -0.116. The molecule has 1 saturated carbocycles. The Kier molecular flexibility index (Phi) is 5.47. The molecule has 3 aliphatic rings. The maximum absolute atomic E-state index is 12.5. The highest BCUT2D eigenvalue weighted by Crippen LogP contribution is 2.53. The van der Waals surface area contributed by atoms with Gasteiger partial charge in [-0.15, -0.1) is 0 Å². The number of rotatable bonds is 5. The number of hydrogen-bond acceptors (Lipinski definition) is 5. The fraction of sp³-hybridized carbons (Fsp3) is 0.550. The number of ether oxygens (including phenoxy) is 1. The number of nitrogens with two attached hydrogens (primary N) is 1. The van der Waals surface area contributed by atoms with Crippen molar-refractivity contribution in [1.82, 2.24) is 20.1 Å². The fourth-order valence-corrected chi connectivity index (χ4v) is 4.30. The fourth-order valence-electron chi connectivity index (χ4n) is 4.30. The molecular formula is C20H27N5O3. The number of aromatic nitrogens is 1. The van der Waals surface area contributed by atoms with Crippen LogP contribution in [0.5, 0.6) is 0 Å². The molecule has 8 heteroatoms. The second-order valence-electron chi connectivity index (χ2n) is 7.71. The highest BCUT2D eigenvalue weighted by atomic mass is 16.5. The Hall–Kier alpha value is -2.61. The van der Waals surface area contributed by atoms with Gasteiger partial charge in [-0.1, -0.05) is 0 Å². The Morgan fingerprint density at radius 1 is 1.21 bits per heavy atom. The first-order valence-electron chi connectivity index (χ1n) is 9.91. The number of piperidine rings is 1. The lowest BCUT2D eigenvalue weighted by atomic mass is 10.2. The third-order valence-electron chi connectivity index (χ3n) is 5.94. The van der Waals surface area contributed by atoms with E-state index in [0.29, 0.717) is 56.4 Å². The molecule has 1 aromatic rings. The van der Waals surface area contributed by atoms with E-state index < -0.39 is 0 Å². The Balaban J connectivity index is 1.14. The van der Waals surface area contributed by atoms with Crippen molar-refractivity contribution >= 4 is 23.8 Å². The third-order valence-corrected chi connectivity index (χ3v) is 5.94. The van der Waals surface area contributed by atoms with Crippen molar-refractivity contribution in [3.63, 3.8) is 0 Å². The van der Waals surface area contributed by atoms with Gasteiger partial charge in [0.05, 0.1) is 13.2 Å². The van der Waals surface area contributed by atoms with E-state index in [0.717, 1.165) is 25.1 Å². The topological polar surface area (TPSA) is 101 Å². The van der Waals surface area contributed by atoms with Gasteiger partial charge in [-0.25, -0.2) is 9.78 Å². The molecular weight excluding hydrogens is 358 g/mol. The summed E-state index contributed by atoms with van der Waals surface area (Å²) in [6, 6.07) is 3.68. The SMILES string of the molecule is Nc1ccc(/C=C/C(=O)NCCC2C3CN(C(=O)N4CCOCC4)CC23)cn1. The highest BCUT2D eigenvalue weighted by Gasteiger charge is 2.56. The average Bonchev–Trinajstić information content (AvgIpc) is 3.16. The largest absolute Gasteiger partial charge is 0.384 e. The molecule has 1 aromatic heterocycles. The molecule has 3 fully saturated rings. The Labute approximate surface area is 164 Å². The van der Waals surface area contributed by atoms with E-state index in [2.05, 4.69) is 10.3 Å². The number of anilines is 1. The quantitative estimate of drug-likeness (QED) is 0.731. The molecule has 1 aliphatic carbocycles. The number of urea groups is 1. The maximum atomic E-state index is 12.5. The van der Waals surface area contributed by atoms with E-state index in [1.54, 1.807) is 18.3 Å². The smallest absolute Gasteiger partial charge is 0.320 e. The van der Waals surface area contributed by atoms with Crippen molar-refractivity contribution in [1.29, 1.82) is 0 Å². The zero-order chi connectivity index (χ0) is 19.5. The molecule has 2 atom stereocenters. The molecule has 3 N–H and O–H groups in total. The second kappa shape index (κ2) is 8.18. The van der Waals surface area contributed by atoms with Crippen LogP contribution in [0.25, 0.3) is 6.08 Å². The molecule has 4 rings (SSSR count). The van der Waals surface area contributed by atoms with E-state index in [9.17, 15) is 9.59 Å². The first kappa shape index (κ1) is 18.7. The van der Waals surface area contributed by atoms with Crippen LogP contribution < -0.4 is 11.1 Å². The van der Waals surface area contributed by atoms with E-state index in [-0.39, 0.29) is 11.9 Å². The predicted octanol–water partition coefficient (Wildman–Crippen LogP) is 0.813. The van der Waals surface area contributed by atoms with E-state index in [1.165, 1.54) is 6.08 Å². The van der Waals surface area contributed by atoms with E-state index in [4.69, 9.17) is 10.5 Å². The van der Waals surface area contributed by atoms with Gasteiger partial charge in [0.15, 0.2) is 0 Å². The van der Waals surface area contributed by atoms with Crippen LogP contribution in [0, 0.1) is 17.8 Å². The molecule has 0 radical (unpaired) electrons. The van der Waals surface area contributed by atoms with Crippen LogP contribution in [-0.4, -0.2) is 72.7 Å². The number of pyridine rings is 1. The van der Waals surface area contributed by atoms with Crippen molar-refractivity contribution in [3.05, 3.63) is 30.0 Å². The summed E-state index contributed by atoms with van der Waals surface area (Å²) in [6.07, 6.45) is 5.85. The number of fused-ring (bicyclic) bond motifs is 1. The molecule has 3 amide bonds. The number of nitrogens with one attached hydrogen (secondary N) is 1. The highest BCUT2D eigenvalue weighted by molar-refractivity contribution is 5.91. The van der Waals surface area contributed by atoms with Crippen LogP contribution in [0.3, 0.4) is 0 Å². The van der Waals surface area contributed by atoms with Crippen LogP contribution in [0.4, 0.5) is 10.6 Å². The van der Waals surface area contributed by atoms with Crippen molar-refractivity contribution in [2.75, 3.05) is 51.7 Å². The number of carbonyl (C=O) groups excluding carboxylic acids is 2. The summed E-state index contributed by atoms with van der Waals surface area (Å²) in [5.74, 6) is 2.17. The van der Waals surface area contributed by atoms with Crippen molar-refractivity contribution in [2.24, 2.45) is 17.8 Å². The summed E-state index contributed by atoms with van der Waals surface area (Å²) in [5.41, 5.74) is 6.38. The zero-order valence-corrected chi connectivity index (χ0v) is 15.9. The summed E-state index contributed by atoms with van der Waals surface area (Å²) in [4.78, 5) is 32.3. The van der Waals surface area contributed by atoms with Crippen LogP contribution >= 0.6 is 0 Å². The first-order valence-corrected chi connectivity index (χ1v) is 9.91. The Morgan fingerprint density at radius 3 is 2.64 bits per heavy atom. The minimum atomic E-state index is -0.105. The van der Waals surface area contributed by atoms with Gasteiger partial charge in [-0.2, -0.15) is 0 Å². The summed E-state index contributed by atoms with van der Waals surface area (Å²) in [7, 11) is 0. The number of amides is 3. The molecule has 2 saturated heterocycles. The Bertz CT molecular complexity index is 733. The van der Waals surface area contributed by atoms with Crippen molar-refractivity contribution in [2.45, 2.75) is 6.42 Å². The molecule has 0 aromatic carbocycles. The van der Waals surface area contributed by atoms with Gasteiger partial charge in [0.2, 0.25) is 5.91 Å². The minimum absolute atomic E-state index is 0.105. The first-order chi connectivity index (χ1) is 13.6. The van der Waals surface area contributed by atoms with Gasteiger partial charge in [-0.3, -0.25) is 4.79 Å². The number of hydrogen-bond donors (Lipinski definition) is 2.